The van der Waals surface area contributed by atoms with Crippen molar-refractivity contribution < 1.29 is 29.0 Å². The molecule has 42 heavy (non-hydrogen) atoms. The van der Waals surface area contributed by atoms with Gasteiger partial charge in [0.05, 0.1) is 30.8 Å². The van der Waals surface area contributed by atoms with Crippen molar-refractivity contribution in [3.05, 3.63) is 61.2 Å². The molecule has 2 bridgehead atoms. The molecule has 1 aromatic rings. The molecule has 8 nitrogen and oxygen atoms in total. The fraction of sp³-hybridized carbons (Fsp3) is 0.618. The van der Waals surface area contributed by atoms with Gasteiger partial charge in [0.25, 0.3) is 0 Å². The number of ether oxygens (including phenoxy) is 2. The molecule has 230 valence electrons. The van der Waals surface area contributed by atoms with Gasteiger partial charge in [-0.05, 0) is 57.4 Å². The number of aliphatic hydroxyl groups excluding tert-OH is 1. The van der Waals surface area contributed by atoms with Crippen LogP contribution in [0.2, 0.25) is 0 Å². The summed E-state index contributed by atoms with van der Waals surface area (Å²) in [6, 6.07) is 7.88. The van der Waals surface area contributed by atoms with Gasteiger partial charge in [-0.3, -0.25) is 14.4 Å². The fourth-order valence-corrected chi connectivity index (χ4v) is 7.69. The van der Waals surface area contributed by atoms with Crippen LogP contribution in [0.25, 0.3) is 0 Å². The second kappa shape index (κ2) is 13.1. The van der Waals surface area contributed by atoms with Crippen LogP contribution in [0.5, 0.6) is 0 Å². The van der Waals surface area contributed by atoms with Gasteiger partial charge in [-0.25, -0.2) is 0 Å². The third kappa shape index (κ3) is 5.44. The number of hydrogen-bond donors (Lipinski definition) is 1. The summed E-state index contributed by atoms with van der Waals surface area (Å²) in [7, 11) is 0. The van der Waals surface area contributed by atoms with E-state index in [4.69, 9.17) is 9.47 Å². The van der Waals surface area contributed by atoms with E-state index < -0.39 is 41.1 Å². The Morgan fingerprint density at radius 3 is 2.60 bits per heavy atom. The van der Waals surface area contributed by atoms with Gasteiger partial charge in [-0.15, -0.1) is 13.2 Å². The van der Waals surface area contributed by atoms with Crippen LogP contribution in [-0.2, 0) is 30.3 Å². The lowest BCUT2D eigenvalue weighted by atomic mass is 9.62. The number of carbonyl (C=O) groups excluding carboxylic acids is 3. The van der Waals surface area contributed by atoms with Crippen molar-refractivity contribution >= 4 is 17.8 Å². The molecule has 3 aliphatic rings. The van der Waals surface area contributed by atoms with Crippen LogP contribution in [0.4, 0.5) is 0 Å². The van der Waals surface area contributed by atoms with Crippen molar-refractivity contribution in [3.8, 4) is 0 Å². The van der Waals surface area contributed by atoms with Crippen molar-refractivity contribution in [1.29, 1.82) is 0 Å². The highest BCUT2D eigenvalue weighted by atomic mass is 16.6. The van der Waals surface area contributed by atoms with Crippen molar-refractivity contribution in [2.45, 2.75) is 95.5 Å². The highest BCUT2D eigenvalue weighted by Crippen LogP contribution is 2.65. The van der Waals surface area contributed by atoms with Crippen LogP contribution >= 0.6 is 0 Å². The Morgan fingerprint density at radius 2 is 1.98 bits per heavy atom. The normalized spacial score (nSPS) is 31.0. The zero-order chi connectivity index (χ0) is 30.7. The minimum absolute atomic E-state index is 0.0909. The quantitative estimate of drug-likeness (QED) is 0.189. The number of likely N-dealkylation sites (tertiary alicyclic amines) is 1. The molecular weight excluding hydrogens is 532 g/mol. The molecule has 1 aromatic carbocycles. The number of nitrogens with zero attached hydrogens (tertiary/aromatic N) is 2. The Kier molecular flexibility index (Phi) is 9.99. The Hall–Kier alpha value is -2.97. The van der Waals surface area contributed by atoms with Gasteiger partial charge in [0.1, 0.15) is 17.6 Å². The molecule has 4 unspecified atom stereocenters. The van der Waals surface area contributed by atoms with E-state index in [1.807, 2.05) is 51.1 Å². The zero-order valence-corrected chi connectivity index (χ0v) is 25.7. The standard InChI is InChI=1S/C34H48N2O6/c1-7-10-14-19-41-32(40)28-27-30(38)36(26(22-37)20-25-16-12-11-13-17-25)29(34(27)21-23(4)33(28,6)42-34)31(39)35(18-9-3)24(5)15-8-2/h7,9,11-13,16-17,23-24,26-29,37H,1,3,8,10,14-15,18-22H2,2,4-6H3/t23?,24?,26-,27+,28-,29?,33+,34?/m1/s1. The van der Waals surface area contributed by atoms with Crippen LogP contribution in [0.3, 0.4) is 0 Å². The van der Waals surface area contributed by atoms with Gasteiger partial charge in [-0.2, -0.15) is 0 Å². The van der Waals surface area contributed by atoms with E-state index in [9.17, 15) is 19.5 Å². The van der Waals surface area contributed by atoms with Crippen LogP contribution in [0.15, 0.2) is 55.6 Å². The van der Waals surface area contributed by atoms with Gasteiger partial charge in [0.15, 0.2) is 0 Å². The monoisotopic (exact) mass is 580 g/mol. The Morgan fingerprint density at radius 1 is 1.26 bits per heavy atom. The lowest BCUT2D eigenvalue weighted by Crippen LogP contribution is -2.60. The molecule has 3 aliphatic heterocycles. The Bertz CT molecular complexity index is 1160. The largest absolute Gasteiger partial charge is 0.465 e. The summed E-state index contributed by atoms with van der Waals surface area (Å²) >= 11 is 0. The van der Waals surface area contributed by atoms with Gasteiger partial charge in [0, 0.05) is 12.6 Å². The van der Waals surface area contributed by atoms with Crippen LogP contribution < -0.4 is 0 Å². The molecule has 3 saturated heterocycles. The summed E-state index contributed by atoms with van der Waals surface area (Å²) in [6.07, 6.45) is 7.34. The number of esters is 1. The molecule has 8 atom stereocenters. The maximum Gasteiger partial charge on any atom is 0.312 e. The number of amides is 2. The number of benzene rings is 1. The predicted octanol–water partition coefficient (Wildman–Crippen LogP) is 4.31. The average molecular weight is 581 g/mol. The first-order chi connectivity index (χ1) is 20.1. The number of carbonyl (C=O) groups is 3. The first kappa shape index (κ1) is 32.0. The molecule has 0 saturated carbocycles. The van der Waals surface area contributed by atoms with E-state index in [1.54, 1.807) is 22.0 Å². The molecule has 1 spiro atoms. The molecule has 3 fully saturated rings. The summed E-state index contributed by atoms with van der Waals surface area (Å²) in [5, 5.41) is 10.7. The van der Waals surface area contributed by atoms with E-state index >= 15 is 0 Å². The van der Waals surface area contributed by atoms with E-state index in [1.165, 1.54) is 0 Å². The lowest BCUT2D eigenvalue weighted by molar-refractivity contribution is -0.164. The van der Waals surface area contributed by atoms with Gasteiger partial charge in [0.2, 0.25) is 11.8 Å². The number of rotatable bonds is 15. The summed E-state index contributed by atoms with van der Waals surface area (Å²) in [5.41, 5.74) is -1.22. The minimum Gasteiger partial charge on any atom is -0.465 e. The maximum absolute atomic E-state index is 14.7. The van der Waals surface area contributed by atoms with E-state index in [0.29, 0.717) is 32.2 Å². The Balaban J connectivity index is 1.80. The second-order valence-electron chi connectivity index (χ2n) is 12.5. The molecule has 8 heteroatoms. The summed E-state index contributed by atoms with van der Waals surface area (Å²) in [4.78, 5) is 46.4. The third-order valence-corrected chi connectivity index (χ3v) is 9.80. The zero-order valence-electron chi connectivity index (χ0n) is 25.7. The summed E-state index contributed by atoms with van der Waals surface area (Å²) in [5.74, 6) is -2.84. The molecule has 2 amide bonds. The number of allylic oxidation sites excluding steroid dienone is 1. The average Bonchev–Trinajstić information content (AvgIpc) is 3.49. The molecule has 0 aromatic heterocycles. The molecule has 0 radical (unpaired) electrons. The van der Waals surface area contributed by atoms with Crippen molar-refractivity contribution in [1.82, 2.24) is 9.80 Å². The minimum atomic E-state index is -1.21. The molecule has 0 aliphatic carbocycles. The van der Waals surface area contributed by atoms with Crippen molar-refractivity contribution in [2.75, 3.05) is 19.8 Å². The fourth-order valence-electron chi connectivity index (χ4n) is 7.69. The molecule has 1 N–H and O–H groups in total. The highest BCUT2D eigenvalue weighted by Gasteiger charge is 2.80. The lowest BCUT2D eigenvalue weighted by Gasteiger charge is -2.41. The van der Waals surface area contributed by atoms with Gasteiger partial charge >= 0.3 is 5.97 Å². The smallest absolute Gasteiger partial charge is 0.312 e. The topological polar surface area (TPSA) is 96.4 Å². The maximum atomic E-state index is 14.7. The number of fused-ring (bicyclic) bond motifs is 1. The van der Waals surface area contributed by atoms with E-state index in [0.717, 1.165) is 18.4 Å². The number of unbranched alkanes of at least 4 members (excludes halogenated alkanes) is 1. The van der Waals surface area contributed by atoms with Crippen LogP contribution in [0, 0.1) is 17.8 Å². The van der Waals surface area contributed by atoms with Gasteiger partial charge < -0.3 is 24.4 Å². The van der Waals surface area contributed by atoms with E-state index in [-0.39, 0.29) is 37.0 Å². The van der Waals surface area contributed by atoms with Crippen LogP contribution in [-0.4, -0.2) is 81.8 Å². The number of hydrogen-bond acceptors (Lipinski definition) is 6. The first-order valence-electron chi connectivity index (χ1n) is 15.5. The van der Waals surface area contributed by atoms with Crippen molar-refractivity contribution in [2.24, 2.45) is 17.8 Å². The summed E-state index contributed by atoms with van der Waals surface area (Å²) in [6.45, 7) is 15.8. The second-order valence-corrected chi connectivity index (χ2v) is 12.5. The molecule has 3 heterocycles. The third-order valence-electron chi connectivity index (χ3n) is 9.80. The van der Waals surface area contributed by atoms with Crippen molar-refractivity contribution in [3.63, 3.8) is 0 Å². The first-order valence-corrected chi connectivity index (χ1v) is 15.5. The van der Waals surface area contributed by atoms with Gasteiger partial charge in [-0.1, -0.05) is 62.8 Å². The van der Waals surface area contributed by atoms with Crippen LogP contribution in [0.1, 0.15) is 65.4 Å². The summed E-state index contributed by atoms with van der Waals surface area (Å²) < 4.78 is 12.6. The Labute approximate surface area is 250 Å². The molecule has 4 rings (SSSR count). The highest BCUT2D eigenvalue weighted by molar-refractivity contribution is 5.99. The SMILES string of the molecule is C=CCCCOC(=O)[C@H]1[C@H]2C(=O)N([C@@H](CO)Cc3ccccc3)C(C(=O)N(CC=C)C(C)CCC)C23CC(C)[C@]1(C)O3. The predicted molar refractivity (Wildman–Crippen MR) is 161 cm³/mol. The molecular formula is C34H48N2O6. The van der Waals surface area contributed by atoms with E-state index in [2.05, 4.69) is 20.1 Å². The number of aliphatic hydroxyl groups is 1.